The molecular weight excluding hydrogens is 434 g/mol. The Morgan fingerprint density at radius 2 is 1.97 bits per heavy atom. The van der Waals surface area contributed by atoms with Crippen LogP contribution in [0.3, 0.4) is 0 Å². The maximum atomic E-state index is 11.7. The number of thiocarbonyl (C=S) groups is 1. The van der Waals surface area contributed by atoms with E-state index in [9.17, 15) is 4.79 Å². The second-order valence-corrected chi connectivity index (χ2v) is 8.74. The number of aryl methyl sites for hydroxylation is 2. The maximum Gasteiger partial charge on any atom is 0.305 e. The summed E-state index contributed by atoms with van der Waals surface area (Å²) >= 11 is 5.75. The van der Waals surface area contributed by atoms with Crippen molar-refractivity contribution in [2.75, 3.05) is 13.7 Å². The lowest BCUT2D eigenvalue weighted by Crippen LogP contribution is -2.31. The Morgan fingerprint density at radius 1 is 1.15 bits per heavy atom. The van der Waals surface area contributed by atoms with Crippen LogP contribution in [0, 0.1) is 20.8 Å². The average Bonchev–Trinajstić information content (AvgIpc) is 3.29. The molecule has 4 rings (SSSR count). The van der Waals surface area contributed by atoms with Crippen molar-refractivity contribution in [3.8, 4) is 5.82 Å². The van der Waals surface area contributed by atoms with Crippen LogP contribution < -0.4 is 5.32 Å². The van der Waals surface area contributed by atoms with E-state index in [4.69, 9.17) is 17.0 Å². The molecule has 3 aromatic rings. The molecular formula is C25H29N5O2S. The quantitative estimate of drug-likeness (QED) is 0.417. The van der Waals surface area contributed by atoms with Crippen molar-refractivity contribution >= 4 is 23.3 Å². The minimum Gasteiger partial charge on any atom is -0.469 e. The summed E-state index contributed by atoms with van der Waals surface area (Å²) in [5.74, 6) is 0.686. The third-order valence-corrected chi connectivity index (χ3v) is 6.48. The lowest BCUT2D eigenvalue weighted by Gasteiger charge is -2.28. The van der Waals surface area contributed by atoms with E-state index in [1.807, 2.05) is 30.5 Å². The van der Waals surface area contributed by atoms with Gasteiger partial charge >= 0.3 is 5.97 Å². The molecule has 3 aromatic heterocycles. The molecule has 0 saturated carbocycles. The van der Waals surface area contributed by atoms with Gasteiger partial charge < -0.3 is 19.5 Å². The van der Waals surface area contributed by atoms with Crippen LogP contribution in [-0.2, 0) is 9.53 Å². The molecule has 4 heterocycles. The molecule has 0 unspecified atom stereocenters. The van der Waals surface area contributed by atoms with Gasteiger partial charge in [0.05, 0.1) is 24.9 Å². The lowest BCUT2D eigenvalue weighted by molar-refractivity contribution is -0.140. The molecule has 1 N–H and O–H groups in total. The molecule has 8 heteroatoms. The topological polar surface area (TPSA) is 72.3 Å². The molecule has 1 fully saturated rings. The second kappa shape index (κ2) is 9.70. The van der Waals surface area contributed by atoms with Gasteiger partial charge in [-0.2, -0.15) is 0 Å². The first-order valence-electron chi connectivity index (χ1n) is 11.1. The Bertz CT molecular complexity index is 1160. The summed E-state index contributed by atoms with van der Waals surface area (Å²) in [5, 5.41) is 4.15. The number of pyridine rings is 2. The van der Waals surface area contributed by atoms with Crippen LogP contribution in [0.15, 0.2) is 48.8 Å². The molecule has 2 atom stereocenters. The molecule has 0 aliphatic carbocycles. The number of carbonyl (C=O) groups is 1. The first-order chi connectivity index (χ1) is 15.9. The molecule has 1 aliphatic rings. The predicted octanol–water partition coefficient (Wildman–Crippen LogP) is 4.12. The highest BCUT2D eigenvalue weighted by Gasteiger charge is 2.41. The van der Waals surface area contributed by atoms with Crippen LogP contribution in [0.5, 0.6) is 0 Å². The largest absolute Gasteiger partial charge is 0.469 e. The summed E-state index contributed by atoms with van der Waals surface area (Å²) in [6.07, 6.45) is 4.64. The Labute approximate surface area is 199 Å². The zero-order chi connectivity index (χ0) is 23.5. The normalized spacial score (nSPS) is 17.8. The Kier molecular flexibility index (Phi) is 6.74. The fourth-order valence-corrected chi connectivity index (χ4v) is 4.89. The van der Waals surface area contributed by atoms with Crippen molar-refractivity contribution in [3.05, 3.63) is 77.0 Å². The van der Waals surface area contributed by atoms with Gasteiger partial charge in [0.1, 0.15) is 5.82 Å². The van der Waals surface area contributed by atoms with Gasteiger partial charge in [-0.05, 0) is 80.9 Å². The first-order valence-corrected chi connectivity index (χ1v) is 11.5. The minimum absolute atomic E-state index is 0.0604. The van der Waals surface area contributed by atoms with Gasteiger partial charge in [0.2, 0.25) is 0 Å². The second-order valence-electron chi connectivity index (χ2n) is 8.35. The molecule has 172 valence electrons. The summed E-state index contributed by atoms with van der Waals surface area (Å²) in [7, 11) is 1.42. The maximum absolute atomic E-state index is 11.7. The van der Waals surface area contributed by atoms with Gasteiger partial charge in [0.15, 0.2) is 5.11 Å². The molecule has 0 radical (unpaired) electrons. The lowest BCUT2D eigenvalue weighted by atomic mass is 9.96. The Hall–Kier alpha value is -3.26. The smallest absolute Gasteiger partial charge is 0.305 e. The van der Waals surface area contributed by atoms with Gasteiger partial charge in [-0.25, -0.2) is 4.98 Å². The summed E-state index contributed by atoms with van der Waals surface area (Å²) in [6, 6.07) is 12.1. The van der Waals surface area contributed by atoms with Crippen LogP contribution in [-0.4, -0.2) is 44.2 Å². The number of aromatic nitrogens is 3. The van der Waals surface area contributed by atoms with E-state index in [0.717, 1.165) is 34.0 Å². The van der Waals surface area contributed by atoms with Crippen molar-refractivity contribution in [3.63, 3.8) is 0 Å². The minimum atomic E-state index is -0.213. The van der Waals surface area contributed by atoms with Crippen molar-refractivity contribution in [1.82, 2.24) is 24.8 Å². The molecule has 1 saturated heterocycles. The monoisotopic (exact) mass is 463 g/mol. The Balaban J connectivity index is 1.75. The zero-order valence-electron chi connectivity index (χ0n) is 19.4. The van der Waals surface area contributed by atoms with Crippen molar-refractivity contribution in [2.24, 2.45) is 0 Å². The highest BCUT2D eigenvalue weighted by Crippen LogP contribution is 2.41. The summed E-state index contributed by atoms with van der Waals surface area (Å²) in [4.78, 5) is 23.1. The SMILES string of the molecule is COC(=O)CCCN1C(=S)N[C@H](c2ccccn2)[C@H]1c1cc(C)n(-c2cc(C)ccn2)c1C. The van der Waals surface area contributed by atoms with Crippen molar-refractivity contribution < 1.29 is 9.53 Å². The predicted molar refractivity (Wildman–Crippen MR) is 131 cm³/mol. The number of hydrogen-bond acceptors (Lipinski definition) is 5. The van der Waals surface area contributed by atoms with Gasteiger partial charge in [0.25, 0.3) is 0 Å². The number of nitrogens with zero attached hydrogens (tertiary/aromatic N) is 4. The summed E-state index contributed by atoms with van der Waals surface area (Å²) in [5.41, 5.74) is 5.47. The van der Waals surface area contributed by atoms with Crippen LogP contribution in [0.25, 0.3) is 5.82 Å². The Morgan fingerprint density at radius 3 is 2.67 bits per heavy atom. The zero-order valence-corrected chi connectivity index (χ0v) is 20.2. The van der Waals surface area contributed by atoms with Gasteiger partial charge in [-0.3, -0.25) is 9.78 Å². The number of ether oxygens (including phenoxy) is 1. The van der Waals surface area contributed by atoms with E-state index < -0.39 is 0 Å². The van der Waals surface area contributed by atoms with Crippen LogP contribution in [0.2, 0.25) is 0 Å². The molecule has 0 aromatic carbocycles. The van der Waals surface area contributed by atoms with Crippen molar-refractivity contribution in [1.29, 1.82) is 0 Å². The van der Waals surface area contributed by atoms with Crippen molar-refractivity contribution in [2.45, 2.75) is 45.7 Å². The van der Waals surface area contributed by atoms with Crippen LogP contribution in [0.1, 0.15) is 53.1 Å². The summed E-state index contributed by atoms with van der Waals surface area (Å²) < 4.78 is 7.00. The number of hydrogen-bond donors (Lipinski definition) is 1. The van der Waals surface area contributed by atoms with Crippen LogP contribution >= 0.6 is 12.2 Å². The number of carbonyl (C=O) groups excluding carboxylic acids is 1. The van der Waals surface area contributed by atoms with E-state index in [0.29, 0.717) is 24.5 Å². The summed E-state index contributed by atoms with van der Waals surface area (Å²) in [6.45, 7) is 6.93. The molecule has 1 aliphatic heterocycles. The van der Waals surface area contributed by atoms with Crippen LogP contribution in [0.4, 0.5) is 0 Å². The van der Waals surface area contributed by atoms with Gasteiger partial charge in [-0.15, -0.1) is 0 Å². The molecule has 0 amide bonds. The molecule has 7 nitrogen and oxygen atoms in total. The van der Waals surface area contributed by atoms with E-state index in [1.54, 1.807) is 6.20 Å². The highest BCUT2D eigenvalue weighted by atomic mass is 32.1. The third kappa shape index (κ3) is 4.61. The van der Waals surface area contributed by atoms with E-state index in [2.05, 4.69) is 57.7 Å². The first kappa shape index (κ1) is 22.9. The number of esters is 1. The number of methoxy groups -OCH3 is 1. The molecule has 0 bridgehead atoms. The average molecular weight is 464 g/mol. The standard InChI is InChI=1S/C25H29N5O2S/c1-16-10-12-27-21(14-16)30-17(2)15-19(18(30)3)24-23(20-8-5-6-11-26-20)28-25(33)29(24)13-7-9-22(31)32-4/h5-6,8,10-12,14-15,23-24H,7,9,13H2,1-4H3,(H,28,33)/t23-,24-/m1/s1. The fraction of sp³-hybridized carbons (Fsp3) is 0.360. The highest BCUT2D eigenvalue weighted by molar-refractivity contribution is 7.80. The number of nitrogens with one attached hydrogen (secondary N) is 1. The van der Waals surface area contributed by atoms with E-state index in [1.165, 1.54) is 7.11 Å². The molecule has 33 heavy (non-hydrogen) atoms. The molecule has 0 spiro atoms. The third-order valence-electron chi connectivity index (χ3n) is 6.12. The van der Waals surface area contributed by atoms with E-state index in [-0.39, 0.29) is 18.1 Å². The fourth-order valence-electron chi connectivity index (χ4n) is 4.56. The number of rotatable bonds is 7. The van der Waals surface area contributed by atoms with E-state index >= 15 is 0 Å². The van der Waals surface area contributed by atoms with Gasteiger partial charge in [0, 0.05) is 36.7 Å². The van der Waals surface area contributed by atoms with Gasteiger partial charge in [-0.1, -0.05) is 6.07 Å².